The number of ether oxygens (including phenoxy) is 2. The maximum absolute atomic E-state index is 12.2. The second-order valence-corrected chi connectivity index (χ2v) is 4.92. The largest absolute Gasteiger partial charge is 0.460 e. The Morgan fingerprint density at radius 1 is 1.17 bits per heavy atom. The SMILES string of the molecule is C=CC(=O)OCC(C)(COC(=O)C=C)NC(=O)N(CC)CCO. The maximum atomic E-state index is 12.2. The predicted molar refractivity (Wildman–Crippen MR) is 83.6 cm³/mol. The van der Waals surface area contributed by atoms with Gasteiger partial charge in [0.05, 0.1) is 6.61 Å². The van der Waals surface area contributed by atoms with Gasteiger partial charge in [0.25, 0.3) is 0 Å². The zero-order valence-electron chi connectivity index (χ0n) is 13.5. The lowest BCUT2D eigenvalue weighted by Gasteiger charge is -2.32. The van der Waals surface area contributed by atoms with Crippen molar-refractivity contribution in [2.75, 3.05) is 32.9 Å². The first-order valence-corrected chi connectivity index (χ1v) is 7.08. The second kappa shape index (κ2) is 10.4. The van der Waals surface area contributed by atoms with Gasteiger partial charge in [-0.1, -0.05) is 13.2 Å². The number of aliphatic hydroxyl groups is 1. The predicted octanol–water partition coefficient (Wildman–Crippen LogP) is 0.227. The minimum absolute atomic E-state index is 0.150. The molecule has 8 heteroatoms. The fraction of sp³-hybridized carbons (Fsp3) is 0.533. The van der Waals surface area contributed by atoms with Crippen LogP contribution >= 0.6 is 0 Å². The molecule has 0 unspecified atom stereocenters. The van der Waals surface area contributed by atoms with Crippen LogP contribution in [-0.2, 0) is 19.1 Å². The van der Waals surface area contributed by atoms with Crippen molar-refractivity contribution in [2.24, 2.45) is 0 Å². The molecule has 0 bridgehead atoms. The normalized spacial score (nSPS) is 10.4. The fourth-order valence-electron chi connectivity index (χ4n) is 1.55. The third-order valence-electron chi connectivity index (χ3n) is 2.85. The first-order chi connectivity index (χ1) is 10.8. The van der Waals surface area contributed by atoms with Gasteiger partial charge in [-0.25, -0.2) is 14.4 Å². The molecule has 0 aliphatic heterocycles. The molecule has 130 valence electrons. The Morgan fingerprint density at radius 3 is 2.00 bits per heavy atom. The lowest BCUT2D eigenvalue weighted by atomic mass is 10.1. The van der Waals surface area contributed by atoms with Crippen LogP contribution in [0.15, 0.2) is 25.3 Å². The van der Waals surface area contributed by atoms with Gasteiger partial charge in [0.1, 0.15) is 18.8 Å². The van der Waals surface area contributed by atoms with Gasteiger partial charge < -0.3 is 24.8 Å². The van der Waals surface area contributed by atoms with Crippen LogP contribution in [0, 0.1) is 0 Å². The number of carbonyl (C=O) groups is 3. The molecule has 23 heavy (non-hydrogen) atoms. The summed E-state index contributed by atoms with van der Waals surface area (Å²) in [7, 11) is 0. The summed E-state index contributed by atoms with van der Waals surface area (Å²) >= 11 is 0. The summed E-state index contributed by atoms with van der Waals surface area (Å²) in [5.41, 5.74) is -1.14. The fourth-order valence-corrected chi connectivity index (χ4v) is 1.55. The number of nitrogens with one attached hydrogen (secondary N) is 1. The molecule has 0 heterocycles. The molecular weight excluding hydrogens is 304 g/mol. The van der Waals surface area contributed by atoms with Gasteiger partial charge >= 0.3 is 18.0 Å². The summed E-state index contributed by atoms with van der Waals surface area (Å²) in [5, 5.41) is 11.6. The first kappa shape index (κ1) is 20.6. The molecular formula is C15H24N2O6. The molecule has 0 aromatic heterocycles. The molecule has 0 rings (SSSR count). The Kier molecular flexibility index (Phi) is 9.33. The molecule has 0 atom stereocenters. The van der Waals surface area contributed by atoms with E-state index in [2.05, 4.69) is 18.5 Å². The van der Waals surface area contributed by atoms with E-state index in [0.29, 0.717) is 6.54 Å². The number of nitrogens with zero attached hydrogens (tertiary/aromatic N) is 1. The molecule has 2 amide bonds. The zero-order chi connectivity index (χ0) is 17.9. The van der Waals surface area contributed by atoms with E-state index in [0.717, 1.165) is 12.2 Å². The summed E-state index contributed by atoms with van der Waals surface area (Å²) in [6.45, 7) is 9.78. The number of urea groups is 1. The van der Waals surface area contributed by atoms with Crippen molar-refractivity contribution in [1.82, 2.24) is 10.2 Å². The summed E-state index contributed by atoms with van der Waals surface area (Å²) in [4.78, 5) is 36.0. The van der Waals surface area contributed by atoms with Crippen molar-refractivity contribution in [3.8, 4) is 0 Å². The lowest BCUT2D eigenvalue weighted by Crippen LogP contribution is -2.57. The topological polar surface area (TPSA) is 105 Å². The molecule has 0 aliphatic carbocycles. The van der Waals surface area contributed by atoms with Crippen molar-refractivity contribution < 1.29 is 29.0 Å². The monoisotopic (exact) mass is 328 g/mol. The van der Waals surface area contributed by atoms with Crippen LogP contribution in [0.1, 0.15) is 13.8 Å². The van der Waals surface area contributed by atoms with Gasteiger partial charge in [-0.3, -0.25) is 0 Å². The van der Waals surface area contributed by atoms with Gasteiger partial charge in [0, 0.05) is 25.2 Å². The summed E-state index contributed by atoms with van der Waals surface area (Å²) in [6.07, 6.45) is 1.98. The average Bonchev–Trinajstić information content (AvgIpc) is 2.55. The number of amides is 2. The number of esters is 2. The van der Waals surface area contributed by atoms with E-state index in [1.807, 2.05) is 0 Å². The van der Waals surface area contributed by atoms with E-state index in [1.54, 1.807) is 13.8 Å². The zero-order valence-corrected chi connectivity index (χ0v) is 13.5. The molecule has 2 N–H and O–H groups in total. The van der Waals surface area contributed by atoms with Crippen LogP contribution in [0.3, 0.4) is 0 Å². The lowest BCUT2D eigenvalue weighted by molar-refractivity contribution is -0.144. The third-order valence-corrected chi connectivity index (χ3v) is 2.85. The first-order valence-electron chi connectivity index (χ1n) is 7.08. The van der Waals surface area contributed by atoms with E-state index in [9.17, 15) is 14.4 Å². The molecule has 8 nitrogen and oxygen atoms in total. The Hall–Kier alpha value is -2.35. The van der Waals surface area contributed by atoms with Gasteiger partial charge in [-0.15, -0.1) is 0 Å². The molecule has 0 radical (unpaired) electrons. The molecule has 0 fully saturated rings. The van der Waals surface area contributed by atoms with E-state index in [1.165, 1.54) is 4.90 Å². The second-order valence-electron chi connectivity index (χ2n) is 4.92. The van der Waals surface area contributed by atoms with Crippen molar-refractivity contribution in [3.63, 3.8) is 0 Å². The van der Waals surface area contributed by atoms with Crippen LogP contribution in [0.25, 0.3) is 0 Å². The third kappa shape index (κ3) is 8.01. The Balaban J connectivity index is 4.96. The molecule has 0 aromatic carbocycles. The Morgan fingerprint density at radius 2 is 1.65 bits per heavy atom. The van der Waals surface area contributed by atoms with Gasteiger partial charge in [0.2, 0.25) is 0 Å². The number of hydrogen-bond donors (Lipinski definition) is 2. The Bertz CT molecular complexity index is 425. The number of aliphatic hydroxyl groups excluding tert-OH is 1. The van der Waals surface area contributed by atoms with Crippen LogP contribution < -0.4 is 5.32 Å². The highest BCUT2D eigenvalue weighted by Crippen LogP contribution is 2.08. The minimum Gasteiger partial charge on any atom is -0.460 e. The van der Waals surface area contributed by atoms with E-state index >= 15 is 0 Å². The quantitative estimate of drug-likeness (QED) is 0.439. The summed E-state index contributed by atoms with van der Waals surface area (Å²) < 4.78 is 9.88. The van der Waals surface area contributed by atoms with E-state index < -0.39 is 23.5 Å². The van der Waals surface area contributed by atoms with Crippen molar-refractivity contribution in [1.29, 1.82) is 0 Å². The van der Waals surface area contributed by atoms with Gasteiger partial charge in [0.15, 0.2) is 0 Å². The molecule has 0 aliphatic rings. The van der Waals surface area contributed by atoms with Crippen LogP contribution in [0.5, 0.6) is 0 Å². The van der Waals surface area contributed by atoms with Gasteiger partial charge in [-0.05, 0) is 13.8 Å². The molecule has 0 saturated heterocycles. The van der Waals surface area contributed by atoms with E-state index in [-0.39, 0.29) is 26.4 Å². The highest BCUT2D eigenvalue weighted by Gasteiger charge is 2.31. The molecule has 0 aromatic rings. The van der Waals surface area contributed by atoms with E-state index in [4.69, 9.17) is 14.6 Å². The number of rotatable bonds is 10. The van der Waals surface area contributed by atoms with Crippen molar-refractivity contribution in [3.05, 3.63) is 25.3 Å². The average molecular weight is 328 g/mol. The maximum Gasteiger partial charge on any atom is 0.330 e. The van der Waals surface area contributed by atoms with Crippen molar-refractivity contribution in [2.45, 2.75) is 19.4 Å². The van der Waals surface area contributed by atoms with Gasteiger partial charge in [-0.2, -0.15) is 0 Å². The summed E-state index contributed by atoms with van der Waals surface area (Å²) in [6, 6.07) is -0.478. The van der Waals surface area contributed by atoms with Crippen LogP contribution in [-0.4, -0.2) is 66.4 Å². The highest BCUT2D eigenvalue weighted by molar-refractivity contribution is 5.82. The molecule has 0 spiro atoms. The smallest absolute Gasteiger partial charge is 0.330 e. The van der Waals surface area contributed by atoms with Crippen molar-refractivity contribution >= 4 is 18.0 Å². The minimum atomic E-state index is -1.14. The summed E-state index contributed by atoms with van der Waals surface area (Å²) in [5.74, 6) is -1.33. The number of hydrogen-bond acceptors (Lipinski definition) is 6. The number of likely N-dealkylation sites (N-methyl/N-ethyl adjacent to an activating group) is 1. The standard InChI is InChI=1S/C15H24N2O6/c1-5-12(19)22-10-15(4,11-23-13(20)6-2)16-14(21)17(7-3)8-9-18/h5-6,18H,1-2,7-11H2,3-4H3,(H,16,21). The van der Waals surface area contributed by atoms with Crippen LogP contribution in [0.2, 0.25) is 0 Å². The highest BCUT2D eigenvalue weighted by atomic mass is 16.5. The molecule has 0 saturated carbocycles. The number of carbonyl (C=O) groups excluding carboxylic acids is 3. The van der Waals surface area contributed by atoms with Crippen LogP contribution in [0.4, 0.5) is 4.79 Å². The Labute approximate surface area is 135 Å².